The van der Waals surface area contributed by atoms with Crippen molar-refractivity contribution >= 4 is 16.6 Å². The molecule has 37 heavy (non-hydrogen) atoms. The lowest BCUT2D eigenvalue weighted by molar-refractivity contribution is 0.0112. The summed E-state index contributed by atoms with van der Waals surface area (Å²) >= 11 is 0. The minimum atomic E-state index is -1.98. The highest BCUT2D eigenvalue weighted by atomic mass is 28.4. The first kappa shape index (κ1) is 30.5. The van der Waals surface area contributed by atoms with Crippen LogP contribution in [0.4, 0.5) is 0 Å². The molecule has 0 unspecified atom stereocenters. The van der Waals surface area contributed by atoms with Crippen molar-refractivity contribution in [3.8, 4) is 11.5 Å². The van der Waals surface area contributed by atoms with Gasteiger partial charge in [0.1, 0.15) is 11.5 Å². The minimum Gasteiger partial charge on any atom is -0.543 e. The van der Waals surface area contributed by atoms with Crippen molar-refractivity contribution in [2.24, 2.45) is 16.7 Å². The van der Waals surface area contributed by atoms with Gasteiger partial charge in [-0.1, -0.05) is 79.9 Å². The maximum atomic E-state index is 7.01. The molecule has 2 aliphatic carbocycles. The quantitative estimate of drug-likeness (QED) is 0.263. The molecule has 1 aromatic rings. The van der Waals surface area contributed by atoms with E-state index in [1.807, 2.05) is 0 Å². The van der Waals surface area contributed by atoms with Crippen LogP contribution in [0.1, 0.15) is 107 Å². The van der Waals surface area contributed by atoms with E-state index in [-0.39, 0.29) is 15.5 Å². The lowest BCUT2D eigenvalue weighted by Gasteiger charge is -2.55. The van der Waals surface area contributed by atoms with Gasteiger partial charge >= 0.3 is 0 Å². The summed E-state index contributed by atoms with van der Waals surface area (Å²) in [5.74, 6) is 2.85. The molecule has 2 aliphatic rings. The molecule has 3 rings (SSSR count). The van der Waals surface area contributed by atoms with E-state index in [0.717, 1.165) is 23.8 Å². The zero-order valence-corrected chi connectivity index (χ0v) is 28.9. The SMILES string of the molecule is CC1=C(Cc2cc(O[Si](C)(C)C(C)(C)C)ccc2O[Si](C)(C)C(C)(C)C)[C@@]2(C)CCCC(C)(C)[C@@H]2CC1. The molecular formula is C33H58O2Si2. The van der Waals surface area contributed by atoms with Crippen molar-refractivity contribution < 1.29 is 8.85 Å². The standard InChI is InChI=1S/C33H58O2Si2/c1-24-16-19-29-32(8,9)20-15-21-33(29,10)27(24)23-25-22-26(34-36(11,12)30(2,3)4)17-18-28(25)35-37(13,14)31(5,6)7/h17-18,22,29H,15-16,19-21,23H2,1-14H3/t29-,33+/m0/s1. The number of rotatable bonds is 6. The Labute approximate surface area is 232 Å². The zero-order chi connectivity index (χ0) is 28.2. The minimum absolute atomic E-state index is 0.158. The van der Waals surface area contributed by atoms with Gasteiger partial charge < -0.3 is 8.85 Å². The number of fused-ring (bicyclic) bond motifs is 1. The third-order valence-corrected chi connectivity index (χ3v) is 19.7. The van der Waals surface area contributed by atoms with E-state index in [2.05, 4.69) is 114 Å². The Morgan fingerprint density at radius 2 is 1.43 bits per heavy atom. The summed E-state index contributed by atoms with van der Waals surface area (Å²) < 4.78 is 13.8. The summed E-state index contributed by atoms with van der Waals surface area (Å²) in [6.07, 6.45) is 7.55. The Morgan fingerprint density at radius 3 is 2.00 bits per heavy atom. The zero-order valence-electron chi connectivity index (χ0n) is 26.9. The molecule has 2 atom stereocenters. The van der Waals surface area contributed by atoms with E-state index in [0.29, 0.717) is 5.41 Å². The first-order valence-electron chi connectivity index (χ1n) is 14.8. The maximum Gasteiger partial charge on any atom is 0.250 e. The van der Waals surface area contributed by atoms with Gasteiger partial charge in [-0.05, 0) is 110 Å². The number of hydrogen-bond donors (Lipinski definition) is 0. The molecule has 1 aromatic carbocycles. The van der Waals surface area contributed by atoms with Gasteiger partial charge in [-0.2, -0.15) is 0 Å². The Bertz CT molecular complexity index is 1020. The number of hydrogen-bond acceptors (Lipinski definition) is 2. The average Bonchev–Trinajstić information content (AvgIpc) is 2.69. The molecular weight excluding hydrogens is 485 g/mol. The fourth-order valence-electron chi connectivity index (χ4n) is 6.47. The van der Waals surface area contributed by atoms with Gasteiger partial charge in [-0.3, -0.25) is 0 Å². The molecule has 4 heteroatoms. The van der Waals surface area contributed by atoms with Crippen molar-refractivity contribution in [2.45, 2.75) is 144 Å². The average molecular weight is 543 g/mol. The maximum absolute atomic E-state index is 7.01. The number of benzene rings is 1. The van der Waals surface area contributed by atoms with Crippen LogP contribution < -0.4 is 8.85 Å². The lowest BCUT2D eigenvalue weighted by atomic mass is 9.50. The summed E-state index contributed by atoms with van der Waals surface area (Å²) in [5, 5.41) is 0.325. The van der Waals surface area contributed by atoms with Crippen LogP contribution in [-0.2, 0) is 6.42 Å². The van der Waals surface area contributed by atoms with E-state index < -0.39 is 16.6 Å². The van der Waals surface area contributed by atoms with Crippen molar-refractivity contribution in [1.29, 1.82) is 0 Å². The highest BCUT2D eigenvalue weighted by Gasteiger charge is 2.50. The second-order valence-electron chi connectivity index (χ2n) is 16.3. The van der Waals surface area contributed by atoms with Gasteiger partial charge in [-0.25, -0.2) is 0 Å². The van der Waals surface area contributed by atoms with Crippen molar-refractivity contribution in [2.75, 3.05) is 0 Å². The third kappa shape index (κ3) is 6.10. The fourth-order valence-corrected chi connectivity index (χ4v) is 8.55. The molecule has 1 fully saturated rings. The molecule has 0 spiro atoms. The molecule has 1 saturated carbocycles. The summed E-state index contributed by atoms with van der Waals surface area (Å²) in [7, 11) is -3.91. The van der Waals surface area contributed by atoms with Crippen LogP contribution in [-0.4, -0.2) is 16.6 Å². The Kier molecular flexibility index (Phi) is 8.15. The largest absolute Gasteiger partial charge is 0.543 e. The van der Waals surface area contributed by atoms with Crippen molar-refractivity contribution in [3.63, 3.8) is 0 Å². The van der Waals surface area contributed by atoms with Gasteiger partial charge in [0.25, 0.3) is 0 Å². The molecule has 0 radical (unpaired) electrons. The second-order valence-corrected chi connectivity index (χ2v) is 25.7. The van der Waals surface area contributed by atoms with Gasteiger partial charge in [-0.15, -0.1) is 0 Å². The van der Waals surface area contributed by atoms with E-state index in [1.165, 1.54) is 37.7 Å². The highest BCUT2D eigenvalue weighted by Crippen LogP contribution is 2.60. The highest BCUT2D eigenvalue weighted by molar-refractivity contribution is 6.75. The van der Waals surface area contributed by atoms with E-state index in [9.17, 15) is 0 Å². The molecule has 210 valence electrons. The van der Waals surface area contributed by atoms with Gasteiger partial charge in [0.15, 0.2) is 0 Å². The summed E-state index contributed by atoms with van der Waals surface area (Å²) in [5.41, 5.74) is 5.30. The third-order valence-electron chi connectivity index (χ3n) is 11.0. The molecule has 0 amide bonds. The van der Waals surface area contributed by atoms with Crippen LogP contribution >= 0.6 is 0 Å². The fraction of sp³-hybridized carbons (Fsp3) is 0.758. The molecule has 2 nitrogen and oxygen atoms in total. The van der Waals surface area contributed by atoms with Gasteiger partial charge in [0.05, 0.1) is 0 Å². The van der Waals surface area contributed by atoms with Crippen LogP contribution in [0.3, 0.4) is 0 Å². The van der Waals surface area contributed by atoms with Gasteiger partial charge in [0, 0.05) is 5.56 Å². The molecule has 0 N–H and O–H groups in total. The lowest BCUT2D eigenvalue weighted by Crippen LogP contribution is -2.46. The predicted octanol–water partition coefficient (Wildman–Crippen LogP) is 10.9. The van der Waals surface area contributed by atoms with Crippen molar-refractivity contribution in [3.05, 3.63) is 34.9 Å². The Hall–Kier alpha value is -1.01. The van der Waals surface area contributed by atoms with Crippen LogP contribution in [0, 0.1) is 16.7 Å². The van der Waals surface area contributed by atoms with E-state index in [4.69, 9.17) is 8.85 Å². The van der Waals surface area contributed by atoms with Crippen LogP contribution in [0.15, 0.2) is 29.3 Å². The topological polar surface area (TPSA) is 18.5 Å². The number of allylic oxidation sites excluding steroid dienone is 2. The van der Waals surface area contributed by atoms with Crippen molar-refractivity contribution in [1.82, 2.24) is 0 Å². The predicted molar refractivity (Wildman–Crippen MR) is 167 cm³/mol. The summed E-state index contributed by atoms with van der Waals surface area (Å²) in [6, 6.07) is 6.73. The Balaban J connectivity index is 2.09. The van der Waals surface area contributed by atoms with Crippen LogP contribution in [0.5, 0.6) is 11.5 Å². The van der Waals surface area contributed by atoms with Gasteiger partial charge in [0.2, 0.25) is 16.6 Å². The first-order valence-corrected chi connectivity index (χ1v) is 20.6. The molecule has 0 aliphatic heterocycles. The second kappa shape index (κ2) is 9.87. The van der Waals surface area contributed by atoms with E-state index >= 15 is 0 Å². The van der Waals surface area contributed by atoms with Crippen LogP contribution in [0.25, 0.3) is 0 Å². The molecule has 0 heterocycles. The first-order chi connectivity index (χ1) is 16.6. The summed E-state index contributed by atoms with van der Waals surface area (Å²) in [6.45, 7) is 33.4. The molecule has 0 bridgehead atoms. The monoisotopic (exact) mass is 542 g/mol. The Morgan fingerprint density at radius 1 is 0.865 bits per heavy atom. The van der Waals surface area contributed by atoms with Crippen LogP contribution in [0.2, 0.25) is 36.3 Å². The smallest absolute Gasteiger partial charge is 0.250 e. The van der Waals surface area contributed by atoms with E-state index in [1.54, 1.807) is 11.1 Å². The molecule has 0 aromatic heterocycles. The molecule has 0 saturated heterocycles. The summed E-state index contributed by atoms with van der Waals surface area (Å²) in [4.78, 5) is 0. The normalized spacial score (nSPS) is 25.1.